The Morgan fingerprint density at radius 3 is 1.97 bits per heavy atom. The summed E-state index contributed by atoms with van der Waals surface area (Å²) in [6, 6.07) is 10.9. The van der Waals surface area contributed by atoms with Gasteiger partial charge in [0.2, 0.25) is 5.91 Å². The smallest absolute Gasteiger partial charge is 0.346 e. The van der Waals surface area contributed by atoms with Crippen LogP contribution in [0.25, 0.3) is 0 Å². The molecule has 0 N–H and O–H groups in total. The zero-order valence-corrected chi connectivity index (χ0v) is 21.9. The predicted octanol–water partition coefficient (Wildman–Crippen LogP) is 3.11. The lowest BCUT2D eigenvalue weighted by molar-refractivity contribution is -0.156. The van der Waals surface area contributed by atoms with Crippen LogP contribution in [0.15, 0.2) is 49.1 Å². The third-order valence-corrected chi connectivity index (χ3v) is 7.39. The molecule has 2 fully saturated rings. The zero-order valence-electron chi connectivity index (χ0n) is 21.9. The Hall–Kier alpha value is -4.28. The van der Waals surface area contributed by atoms with Gasteiger partial charge in [0.25, 0.3) is 0 Å². The molecule has 2 saturated heterocycles. The van der Waals surface area contributed by atoms with Gasteiger partial charge in [-0.25, -0.2) is 9.78 Å². The molecule has 0 saturated carbocycles. The largest absolute Gasteiger partial charge is 0.493 e. The first-order valence-electron chi connectivity index (χ1n) is 12.4. The molecule has 2 aliphatic heterocycles. The number of carbonyl (C=O) groups excluding carboxylic acids is 2. The van der Waals surface area contributed by atoms with E-state index in [0.717, 1.165) is 11.1 Å². The standard InChI is InChI=1S/C27H31N5O6/c1-35-20-7-5-17(13-22(20)37-3)24-25(18-6-8-21(36-2)23(14-18)38-4)32(26(24)33)19-9-11-30(12-10-19)27(34)31-16-28-15-29-31/h5-8,13-16,19,24-25H,9-12H2,1-4H3/t24-,25-/m1/s1. The number of likely N-dealkylation sites (tertiary alicyclic amines) is 2. The van der Waals surface area contributed by atoms with Crippen LogP contribution >= 0.6 is 0 Å². The van der Waals surface area contributed by atoms with E-state index in [9.17, 15) is 9.59 Å². The minimum absolute atomic E-state index is 0.0169. The first kappa shape index (κ1) is 25.4. The SMILES string of the molecule is COc1ccc([C@H]2C(=O)N(C3CCN(C(=O)n4cncn4)CC3)[C@@H]2c2ccc(OC)c(OC)c2)cc1OC. The molecular formula is C27H31N5O6. The van der Waals surface area contributed by atoms with Crippen LogP contribution in [0, 0.1) is 0 Å². The molecule has 200 valence electrons. The van der Waals surface area contributed by atoms with Gasteiger partial charge in [-0.05, 0) is 48.2 Å². The lowest BCUT2D eigenvalue weighted by atomic mass is 9.75. The van der Waals surface area contributed by atoms with Crippen molar-refractivity contribution in [2.24, 2.45) is 0 Å². The van der Waals surface area contributed by atoms with E-state index in [0.29, 0.717) is 48.9 Å². The number of rotatable bonds is 7. The number of methoxy groups -OCH3 is 4. The van der Waals surface area contributed by atoms with E-state index in [1.54, 1.807) is 33.3 Å². The molecule has 2 aromatic carbocycles. The van der Waals surface area contributed by atoms with E-state index >= 15 is 0 Å². The van der Waals surface area contributed by atoms with Crippen molar-refractivity contribution < 1.29 is 28.5 Å². The number of hydrogen-bond donors (Lipinski definition) is 0. The van der Waals surface area contributed by atoms with Crippen molar-refractivity contribution in [1.82, 2.24) is 24.6 Å². The molecule has 0 unspecified atom stereocenters. The molecule has 0 bridgehead atoms. The van der Waals surface area contributed by atoms with Crippen molar-refractivity contribution in [1.29, 1.82) is 0 Å². The van der Waals surface area contributed by atoms with Crippen LogP contribution in [0.5, 0.6) is 23.0 Å². The maximum atomic E-state index is 13.8. The molecule has 11 nitrogen and oxygen atoms in total. The summed E-state index contributed by atoms with van der Waals surface area (Å²) < 4.78 is 23.1. The Kier molecular flexibility index (Phi) is 7.08. The number of β-lactam (4-membered cyclic amide) rings is 1. The third kappa shape index (κ3) is 4.37. The van der Waals surface area contributed by atoms with Gasteiger partial charge in [-0.15, -0.1) is 0 Å². The maximum absolute atomic E-state index is 13.8. The molecule has 1 aromatic heterocycles. The van der Waals surface area contributed by atoms with Crippen LogP contribution in [0.4, 0.5) is 4.79 Å². The molecule has 2 aliphatic rings. The maximum Gasteiger partial charge on any atom is 0.346 e. The fourth-order valence-corrected chi connectivity index (χ4v) is 5.47. The Balaban J connectivity index is 1.44. The molecule has 11 heteroatoms. The number of hydrogen-bond acceptors (Lipinski definition) is 8. The van der Waals surface area contributed by atoms with Crippen LogP contribution in [-0.2, 0) is 4.79 Å². The highest BCUT2D eigenvalue weighted by Crippen LogP contribution is 2.51. The highest BCUT2D eigenvalue weighted by molar-refractivity contribution is 5.92. The Morgan fingerprint density at radius 1 is 0.842 bits per heavy atom. The van der Waals surface area contributed by atoms with Gasteiger partial charge < -0.3 is 28.7 Å². The second-order valence-corrected chi connectivity index (χ2v) is 9.24. The lowest BCUT2D eigenvalue weighted by Gasteiger charge is -2.53. The summed E-state index contributed by atoms with van der Waals surface area (Å²) in [7, 11) is 6.35. The van der Waals surface area contributed by atoms with Crippen LogP contribution in [0.1, 0.15) is 35.9 Å². The quantitative estimate of drug-likeness (QED) is 0.437. The third-order valence-electron chi connectivity index (χ3n) is 7.39. The van der Waals surface area contributed by atoms with Crippen molar-refractivity contribution in [2.75, 3.05) is 41.5 Å². The van der Waals surface area contributed by atoms with Gasteiger partial charge in [0.1, 0.15) is 12.7 Å². The van der Waals surface area contributed by atoms with Crippen molar-refractivity contribution >= 4 is 11.9 Å². The van der Waals surface area contributed by atoms with Crippen molar-refractivity contribution in [2.45, 2.75) is 30.8 Å². The van der Waals surface area contributed by atoms with E-state index in [1.165, 1.54) is 17.3 Å². The van der Waals surface area contributed by atoms with Gasteiger partial charge in [0.05, 0.1) is 40.4 Å². The topological polar surface area (TPSA) is 108 Å². The molecule has 2 atom stereocenters. The molecular weight excluding hydrogens is 490 g/mol. The van der Waals surface area contributed by atoms with E-state index < -0.39 is 5.92 Å². The fraction of sp³-hybridized carbons (Fsp3) is 0.407. The highest BCUT2D eigenvalue weighted by atomic mass is 16.5. The zero-order chi connectivity index (χ0) is 26.8. The van der Waals surface area contributed by atoms with Crippen molar-refractivity contribution in [3.8, 4) is 23.0 Å². The average molecular weight is 522 g/mol. The first-order valence-corrected chi connectivity index (χ1v) is 12.4. The van der Waals surface area contributed by atoms with Crippen LogP contribution in [0.3, 0.4) is 0 Å². The molecule has 0 aliphatic carbocycles. The van der Waals surface area contributed by atoms with Crippen LogP contribution in [-0.4, -0.2) is 84.1 Å². The molecule has 5 rings (SSSR count). The second-order valence-electron chi connectivity index (χ2n) is 9.24. The molecule has 2 amide bonds. The van der Waals surface area contributed by atoms with Gasteiger partial charge >= 0.3 is 6.03 Å². The van der Waals surface area contributed by atoms with Crippen molar-refractivity contribution in [3.05, 3.63) is 60.2 Å². The first-order chi connectivity index (χ1) is 18.5. The lowest BCUT2D eigenvalue weighted by Crippen LogP contribution is -2.60. The predicted molar refractivity (Wildman–Crippen MR) is 137 cm³/mol. The normalized spacial score (nSPS) is 19.6. The molecule has 0 spiro atoms. The van der Waals surface area contributed by atoms with Crippen LogP contribution < -0.4 is 18.9 Å². The van der Waals surface area contributed by atoms with E-state index in [-0.39, 0.29) is 24.0 Å². The summed E-state index contributed by atoms with van der Waals surface area (Å²) in [4.78, 5) is 34.0. The van der Waals surface area contributed by atoms with E-state index in [1.807, 2.05) is 41.3 Å². The molecule has 3 heterocycles. The number of benzene rings is 2. The summed E-state index contributed by atoms with van der Waals surface area (Å²) in [5, 5.41) is 3.95. The second kappa shape index (κ2) is 10.6. The summed E-state index contributed by atoms with van der Waals surface area (Å²) in [5.41, 5.74) is 1.80. The Bertz CT molecular complexity index is 1310. The fourth-order valence-electron chi connectivity index (χ4n) is 5.47. The molecule has 38 heavy (non-hydrogen) atoms. The van der Waals surface area contributed by atoms with Crippen LogP contribution in [0.2, 0.25) is 0 Å². The summed E-state index contributed by atoms with van der Waals surface area (Å²) in [5.74, 6) is 2.04. The molecule has 3 aromatic rings. The van der Waals surface area contributed by atoms with Gasteiger partial charge in [-0.1, -0.05) is 12.1 Å². The number of carbonyl (C=O) groups is 2. The van der Waals surface area contributed by atoms with Crippen molar-refractivity contribution in [3.63, 3.8) is 0 Å². The monoisotopic (exact) mass is 521 g/mol. The number of aromatic nitrogens is 3. The summed E-state index contributed by atoms with van der Waals surface area (Å²) in [6.45, 7) is 1.04. The average Bonchev–Trinajstić information content (AvgIpc) is 3.50. The minimum Gasteiger partial charge on any atom is -0.493 e. The number of piperidine rings is 1. The highest BCUT2D eigenvalue weighted by Gasteiger charge is 2.52. The summed E-state index contributed by atoms with van der Waals surface area (Å²) in [6.07, 6.45) is 4.06. The molecule has 0 radical (unpaired) electrons. The Labute approximate surface area is 220 Å². The van der Waals surface area contributed by atoms with Gasteiger partial charge in [0.15, 0.2) is 23.0 Å². The van der Waals surface area contributed by atoms with E-state index in [4.69, 9.17) is 18.9 Å². The number of nitrogens with zero attached hydrogens (tertiary/aromatic N) is 5. The van der Waals surface area contributed by atoms with E-state index in [2.05, 4.69) is 10.1 Å². The minimum atomic E-state index is -0.400. The Morgan fingerprint density at radius 2 is 1.42 bits per heavy atom. The number of amides is 2. The van der Waals surface area contributed by atoms with Gasteiger partial charge in [-0.2, -0.15) is 9.78 Å². The summed E-state index contributed by atoms with van der Waals surface area (Å²) >= 11 is 0. The van der Waals surface area contributed by atoms with Gasteiger partial charge in [-0.3, -0.25) is 4.79 Å². The van der Waals surface area contributed by atoms with Gasteiger partial charge in [0, 0.05) is 19.1 Å². The number of ether oxygens (including phenoxy) is 4.